The summed E-state index contributed by atoms with van der Waals surface area (Å²) in [6.07, 6.45) is 0. The zero-order chi connectivity index (χ0) is 29.7. The van der Waals surface area contributed by atoms with Gasteiger partial charge in [-0.2, -0.15) is 0 Å². The van der Waals surface area contributed by atoms with Crippen LogP contribution in [0.1, 0.15) is 20.7 Å². The third-order valence-electron chi connectivity index (χ3n) is 8.84. The van der Waals surface area contributed by atoms with Gasteiger partial charge in [-0.05, 0) is 80.8 Å². The summed E-state index contributed by atoms with van der Waals surface area (Å²) in [5, 5.41) is 12.0. The molecule has 0 spiro atoms. The molecule has 0 amide bonds. The normalized spacial score (nSPS) is 12.0. The van der Waals surface area contributed by atoms with Crippen LogP contribution in [-0.2, 0) is 9.47 Å². The molecule has 0 saturated carbocycles. The molecule has 0 fully saturated rings. The molecule has 0 unspecified atom stereocenters. The maximum atomic E-state index is 12.3. The fourth-order valence-electron chi connectivity index (χ4n) is 6.99. The summed E-state index contributed by atoms with van der Waals surface area (Å²) in [5.41, 5.74) is 4.04. The maximum Gasteiger partial charge on any atom is 0.337 e. The predicted octanol–water partition coefficient (Wildman–Crippen LogP) is 9.67. The quantitative estimate of drug-likeness (QED) is 0.116. The number of carbonyl (C=O) groups is 2. The molecular weight excluding hydrogens is 552 g/mol. The standard InChI is InChI=1S/C38H22O6/c1-41-37(39)21-9-13-23-19(17-21)11-15-29-31(23)35-25-5-3-8-28-34(25)36(26-6-4-7-27(43-29)33(26)35)32-24-14-10-22(38(40)42-2)18-20(24)12-16-30(32)44-28/h3-18H,1-2H3. The van der Waals surface area contributed by atoms with Gasteiger partial charge in [-0.15, -0.1) is 0 Å². The van der Waals surface area contributed by atoms with E-state index in [0.29, 0.717) is 11.1 Å². The number of carbonyl (C=O) groups excluding carboxylic acids is 2. The van der Waals surface area contributed by atoms with Crippen LogP contribution in [0, 0.1) is 0 Å². The van der Waals surface area contributed by atoms with Gasteiger partial charge in [0.2, 0.25) is 0 Å². The van der Waals surface area contributed by atoms with Gasteiger partial charge in [0.05, 0.1) is 25.3 Å². The van der Waals surface area contributed by atoms with Gasteiger partial charge in [-0.1, -0.05) is 48.5 Å². The molecular formula is C38H22O6. The van der Waals surface area contributed by atoms with Gasteiger partial charge in [0, 0.05) is 32.3 Å². The van der Waals surface area contributed by atoms with Crippen molar-refractivity contribution in [1.29, 1.82) is 0 Å². The first-order valence-corrected chi connectivity index (χ1v) is 14.2. The molecule has 0 aliphatic rings. The third kappa shape index (κ3) is 3.19. The second-order valence-corrected chi connectivity index (χ2v) is 11.0. The molecule has 0 aliphatic heterocycles. The van der Waals surface area contributed by atoms with E-state index in [-0.39, 0.29) is 11.9 Å². The highest BCUT2D eigenvalue weighted by Crippen LogP contribution is 2.48. The minimum atomic E-state index is -0.378. The summed E-state index contributed by atoms with van der Waals surface area (Å²) in [5.74, 6) is -0.756. The molecule has 0 atom stereocenters. The molecule has 210 valence electrons. The monoisotopic (exact) mass is 574 g/mol. The largest absolute Gasteiger partial charge is 0.465 e. The molecule has 2 aromatic heterocycles. The van der Waals surface area contributed by atoms with E-state index in [9.17, 15) is 9.59 Å². The second-order valence-electron chi connectivity index (χ2n) is 11.0. The Balaban J connectivity index is 1.53. The molecule has 44 heavy (non-hydrogen) atoms. The maximum absolute atomic E-state index is 12.3. The van der Waals surface area contributed by atoms with E-state index in [2.05, 4.69) is 12.1 Å². The van der Waals surface area contributed by atoms with Crippen LogP contribution in [0.4, 0.5) is 0 Å². The zero-order valence-electron chi connectivity index (χ0n) is 23.7. The van der Waals surface area contributed by atoms with Gasteiger partial charge in [0.1, 0.15) is 22.3 Å². The van der Waals surface area contributed by atoms with E-state index in [0.717, 1.165) is 87.0 Å². The Morgan fingerprint density at radius 3 is 1.30 bits per heavy atom. The minimum Gasteiger partial charge on any atom is -0.465 e. The molecule has 0 N–H and O–H groups in total. The lowest BCUT2D eigenvalue weighted by Gasteiger charge is -2.18. The molecule has 7 aromatic carbocycles. The predicted molar refractivity (Wildman–Crippen MR) is 174 cm³/mol. The SMILES string of the molecule is COC(=O)c1ccc2c(ccc3oc4cccc5c4c(c4cccc6oc7ccc8cc(C(=O)OC)ccc8c7c5c64)c32)c1. The summed E-state index contributed by atoms with van der Waals surface area (Å²) in [7, 11) is 2.77. The highest BCUT2D eigenvalue weighted by atomic mass is 16.5. The average Bonchev–Trinajstić information content (AvgIpc) is 3.07. The number of hydrogen-bond donors (Lipinski definition) is 0. The number of esters is 2. The number of benzene rings is 7. The van der Waals surface area contributed by atoms with Crippen LogP contribution in [-0.4, -0.2) is 26.2 Å². The van der Waals surface area contributed by atoms with Crippen molar-refractivity contribution in [2.45, 2.75) is 0 Å². The fourth-order valence-corrected chi connectivity index (χ4v) is 6.99. The lowest BCUT2D eigenvalue weighted by Crippen LogP contribution is -2.00. The van der Waals surface area contributed by atoms with Crippen LogP contribution < -0.4 is 0 Å². The number of rotatable bonds is 2. The van der Waals surface area contributed by atoms with Crippen LogP contribution in [0.3, 0.4) is 0 Å². The smallest absolute Gasteiger partial charge is 0.337 e. The van der Waals surface area contributed by atoms with Gasteiger partial charge < -0.3 is 18.3 Å². The Morgan fingerprint density at radius 1 is 0.455 bits per heavy atom. The third-order valence-corrected chi connectivity index (χ3v) is 8.84. The van der Waals surface area contributed by atoms with Crippen molar-refractivity contribution in [1.82, 2.24) is 0 Å². The van der Waals surface area contributed by atoms with E-state index in [4.69, 9.17) is 18.3 Å². The molecule has 9 rings (SSSR count). The first-order chi connectivity index (χ1) is 21.6. The van der Waals surface area contributed by atoms with Crippen molar-refractivity contribution in [3.05, 3.63) is 108 Å². The number of fused-ring (bicyclic) bond motifs is 10. The Morgan fingerprint density at radius 2 is 0.864 bits per heavy atom. The molecule has 9 aromatic rings. The number of methoxy groups -OCH3 is 2. The molecule has 0 radical (unpaired) electrons. The topological polar surface area (TPSA) is 78.9 Å². The fraction of sp³-hybridized carbons (Fsp3) is 0.0526. The Labute approximate surface area is 248 Å². The minimum absolute atomic E-state index is 0.378. The first-order valence-electron chi connectivity index (χ1n) is 14.2. The lowest BCUT2D eigenvalue weighted by atomic mass is 9.88. The van der Waals surface area contributed by atoms with Gasteiger partial charge in [-0.3, -0.25) is 0 Å². The van der Waals surface area contributed by atoms with Crippen LogP contribution >= 0.6 is 0 Å². The van der Waals surface area contributed by atoms with Crippen molar-refractivity contribution >= 4 is 98.9 Å². The Bertz CT molecular complexity index is 2540. The van der Waals surface area contributed by atoms with E-state index in [1.807, 2.05) is 72.8 Å². The Kier molecular flexibility index (Phi) is 4.95. The van der Waals surface area contributed by atoms with Crippen LogP contribution in [0.2, 0.25) is 0 Å². The lowest BCUT2D eigenvalue weighted by molar-refractivity contribution is 0.0592. The first kappa shape index (κ1) is 24.7. The highest BCUT2D eigenvalue weighted by Gasteiger charge is 2.22. The second kappa shape index (κ2) is 8.82. The highest BCUT2D eigenvalue weighted by molar-refractivity contribution is 6.42. The molecule has 0 bridgehead atoms. The molecule has 0 saturated heterocycles. The molecule has 6 nitrogen and oxygen atoms in total. The van der Waals surface area contributed by atoms with Gasteiger partial charge in [-0.25, -0.2) is 9.59 Å². The van der Waals surface area contributed by atoms with Crippen molar-refractivity contribution in [3.8, 4) is 0 Å². The van der Waals surface area contributed by atoms with E-state index in [1.165, 1.54) is 14.2 Å². The summed E-state index contributed by atoms with van der Waals surface area (Å²) >= 11 is 0. The van der Waals surface area contributed by atoms with Crippen LogP contribution in [0.25, 0.3) is 87.0 Å². The van der Waals surface area contributed by atoms with Crippen molar-refractivity contribution in [3.63, 3.8) is 0 Å². The van der Waals surface area contributed by atoms with Crippen molar-refractivity contribution in [2.24, 2.45) is 0 Å². The van der Waals surface area contributed by atoms with Gasteiger partial charge in [0.25, 0.3) is 0 Å². The average molecular weight is 575 g/mol. The van der Waals surface area contributed by atoms with E-state index < -0.39 is 0 Å². The summed E-state index contributed by atoms with van der Waals surface area (Å²) in [4.78, 5) is 24.7. The number of hydrogen-bond acceptors (Lipinski definition) is 6. The van der Waals surface area contributed by atoms with Crippen molar-refractivity contribution in [2.75, 3.05) is 14.2 Å². The Hall–Kier alpha value is -5.88. The molecule has 2 heterocycles. The number of ether oxygens (including phenoxy) is 2. The summed E-state index contributed by atoms with van der Waals surface area (Å²) < 4.78 is 23.2. The van der Waals surface area contributed by atoms with Crippen LogP contribution in [0.15, 0.2) is 106 Å². The molecule has 0 aliphatic carbocycles. The van der Waals surface area contributed by atoms with Crippen LogP contribution in [0.5, 0.6) is 0 Å². The van der Waals surface area contributed by atoms with Crippen molar-refractivity contribution < 1.29 is 27.9 Å². The van der Waals surface area contributed by atoms with Gasteiger partial charge >= 0.3 is 11.9 Å². The van der Waals surface area contributed by atoms with E-state index >= 15 is 0 Å². The van der Waals surface area contributed by atoms with Gasteiger partial charge in [0.15, 0.2) is 0 Å². The summed E-state index contributed by atoms with van der Waals surface area (Å²) in [6, 6.07) is 31.5. The zero-order valence-corrected chi connectivity index (χ0v) is 23.7. The summed E-state index contributed by atoms with van der Waals surface area (Å²) in [6.45, 7) is 0. The molecule has 6 heteroatoms. The van der Waals surface area contributed by atoms with E-state index in [1.54, 1.807) is 12.1 Å².